The molecule has 2 aromatic heterocycles. The molecule has 0 spiro atoms. The van der Waals surface area contributed by atoms with E-state index in [0.29, 0.717) is 12.2 Å². The minimum absolute atomic E-state index is 0.0782. The summed E-state index contributed by atoms with van der Waals surface area (Å²) >= 11 is 4.89. The molecule has 0 bridgehead atoms. The first-order valence-electron chi connectivity index (χ1n) is 5.21. The second kappa shape index (κ2) is 5.46. The summed E-state index contributed by atoms with van der Waals surface area (Å²) in [6.07, 6.45) is 1.90. The zero-order valence-electron chi connectivity index (χ0n) is 9.31. The predicted molar refractivity (Wildman–Crippen MR) is 71.1 cm³/mol. The monoisotopic (exact) mass is 313 g/mol. The van der Waals surface area contributed by atoms with Crippen LogP contribution in [0.1, 0.15) is 23.1 Å². The molecule has 2 heterocycles. The summed E-state index contributed by atoms with van der Waals surface area (Å²) in [6.45, 7) is 3.24. The first-order valence-corrected chi connectivity index (χ1v) is 6.95. The van der Waals surface area contributed by atoms with Gasteiger partial charge in [-0.2, -0.15) is 0 Å². The van der Waals surface area contributed by atoms with Gasteiger partial charge in [-0.3, -0.25) is 4.79 Å². The standard InChI is InChI=1S/C11H12BrN3OS/c1-2-15-5-8(12)3-10(15)11(16)13-4-9-6-17-7-14-9/h3,5-7H,2,4H2,1H3,(H,13,16). The molecule has 2 rings (SSSR count). The second-order valence-electron chi connectivity index (χ2n) is 3.49. The van der Waals surface area contributed by atoms with Gasteiger partial charge >= 0.3 is 0 Å². The van der Waals surface area contributed by atoms with Crippen LogP contribution in [0.4, 0.5) is 0 Å². The SMILES string of the molecule is CCn1cc(Br)cc1C(=O)NCc1cscn1. The van der Waals surface area contributed by atoms with Crippen LogP contribution >= 0.6 is 27.3 Å². The second-order valence-corrected chi connectivity index (χ2v) is 5.13. The van der Waals surface area contributed by atoms with Gasteiger partial charge in [0.05, 0.1) is 17.7 Å². The zero-order chi connectivity index (χ0) is 12.3. The van der Waals surface area contributed by atoms with Crippen molar-refractivity contribution in [1.29, 1.82) is 0 Å². The van der Waals surface area contributed by atoms with Crippen molar-refractivity contribution in [2.24, 2.45) is 0 Å². The molecule has 1 N–H and O–H groups in total. The molecular formula is C11H12BrN3OS. The van der Waals surface area contributed by atoms with Crippen LogP contribution in [0.5, 0.6) is 0 Å². The number of halogens is 1. The van der Waals surface area contributed by atoms with Crippen LogP contribution in [0.25, 0.3) is 0 Å². The van der Waals surface area contributed by atoms with Gasteiger partial charge in [0.15, 0.2) is 0 Å². The van der Waals surface area contributed by atoms with Gasteiger partial charge in [-0.05, 0) is 28.9 Å². The fourth-order valence-electron chi connectivity index (χ4n) is 1.51. The number of carbonyl (C=O) groups excluding carboxylic acids is 1. The highest BCUT2D eigenvalue weighted by Gasteiger charge is 2.11. The van der Waals surface area contributed by atoms with Crippen molar-refractivity contribution in [2.45, 2.75) is 20.0 Å². The van der Waals surface area contributed by atoms with Crippen molar-refractivity contribution in [1.82, 2.24) is 14.9 Å². The van der Waals surface area contributed by atoms with Crippen molar-refractivity contribution in [3.63, 3.8) is 0 Å². The zero-order valence-corrected chi connectivity index (χ0v) is 11.7. The Morgan fingerprint density at radius 3 is 3.12 bits per heavy atom. The molecule has 0 aliphatic carbocycles. The number of hydrogen-bond acceptors (Lipinski definition) is 3. The number of nitrogens with one attached hydrogen (secondary N) is 1. The van der Waals surface area contributed by atoms with E-state index in [4.69, 9.17) is 0 Å². The first kappa shape index (κ1) is 12.3. The number of aromatic nitrogens is 2. The molecular weight excluding hydrogens is 302 g/mol. The quantitative estimate of drug-likeness (QED) is 0.943. The largest absolute Gasteiger partial charge is 0.345 e. The predicted octanol–water partition coefficient (Wildman–Crippen LogP) is 2.66. The summed E-state index contributed by atoms with van der Waals surface area (Å²) in [5.41, 5.74) is 3.30. The Morgan fingerprint density at radius 1 is 1.65 bits per heavy atom. The van der Waals surface area contributed by atoms with E-state index in [2.05, 4.69) is 26.2 Å². The van der Waals surface area contributed by atoms with Crippen molar-refractivity contribution >= 4 is 33.2 Å². The van der Waals surface area contributed by atoms with Gasteiger partial charge < -0.3 is 9.88 Å². The molecule has 4 nitrogen and oxygen atoms in total. The van der Waals surface area contributed by atoms with Crippen molar-refractivity contribution in [2.75, 3.05) is 0 Å². The molecule has 90 valence electrons. The van der Waals surface area contributed by atoms with E-state index in [0.717, 1.165) is 16.7 Å². The Bertz CT molecular complexity index is 507. The lowest BCUT2D eigenvalue weighted by Crippen LogP contribution is -2.25. The molecule has 0 saturated heterocycles. The average Bonchev–Trinajstić information content (AvgIpc) is 2.94. The van der Waals surface area contributed by atoms with Gasteiger partial charge in [-0.15, -0.1) is 11.3 Å². The van der Waals surface area contributed by atoms with E-state index in [1.807, 2.05) is 29.1 Å². The van der Waals surface area contributed by atoms with Gasteiger partial charge in [-0.25, -0.2) is 4.98 Å². The van der Waals surface area contributed by atoms with Crippen LogP contribution in [0.3, 0.4) is 0 Å². The van der Waals surface area contributed by atoms with Crippen LogP contribution in [-0.2, 0) is 13.1 Å². The summed E-state index contributed by atoms with van der Waals surface area (Å²) in [7, 11) is 0. The average molecular weight is 314 g/mol. The van der Waals surface area contributed by atoms with Crippen LogP contribution in [0.2, 0.25) is 0 Å². The number of carbonyl (C=O) groups is 1. The Balaban J connectivity index is 2.04. The highest BCUT2D eigenvalue weighted by molar-refractivity contribution is 9.10. The lowest BCUT2D eigenvalue weighted by molar-refractivity contribution is 0.0941. The number of nitrogens with zero attached hydrogens (tertiary/aromatic N) is 2. The highest BCUT2D eigenvalue weighted by atomic mass is 79.9. The van der Waals surface area contributed by atoms with E-state index in [-0.39, 0.29) is 5.91 Å². The number of rotatable bonds is 4. The summed E-state index contributed by atoms with van der Waals surface area (Å²) < 4.78 is 2.82. The van der Waals surface area contributed by atoms with Gasteiger partial charge in [-0.1, -0.05) is 0 Å². The van der Waals surface area contributed by atoms with Crippen LogP contribution < -0.4 is 5.32 Å². The fraction of sp³-hybridized carbons (Fsp3) is 0.273. The third kappa shape index (κ3) is 2.95. The topological polar surface area (TPSA) is 46.9 Å². The smallest absolute Gasteiger partial charge is 0.268 e. The fourth-order valence-corrected chi connectivity index (χ4v) is 2.54. The summed E-state index contributed by atoms with van der Waals surface area (Å²) in [5, 5.41) is 4.78. The molecule has 2 aromatic rings. The molecule has 0 aromatic carbocycles. The lowest BCUT2D eigenvalue weighted by Gasteiger charge is -2.06. The van der Waals surface area contributed by atoms with E-state index < -0.39 is 0 Å². The molecule has 0 radical (unpaired) electrons. The Kier molecular flexibility index (Phi) is 3.96. The molecule has 0 unspecified atom stereocenters. The molecule has 0 aliphatic heterocycles. The molecule has 17 heavy (non-hydrogen) atoms. The Labute approximate surface area is 112 Å². The maximum Gasteiger partial charge on any atom is 0.268 e. The van der Waals surface area contributed by atoms with Crippen molar-refractivity contribution in [3.05, 3.63) is 39.0 Å². The maximum absolute atomic E-state index is 12.0. The van der Waals surface area contributed by atoms with Crippen LogP contribution in [0, 0.1) is 0 Å². The highest BCUT2D eigenvalue weighted by Crippen LogP contribution is 2.15. The minimum atomic E-state index is -0.0782. The molecule has 0 fully saturated rings. The molecule has 1 amide bonds. The third-order valence-corrected chi connectivity index (χ3v) is 3.42. The summed E-state index contributed by atoms with van der Waals surface area (Å²) in [6, 6.07) is 1.82. The van der Waals surface area contributed by atoms with Gasteiger partial charge in [0.25, 0.3) is 5.91 Å². The van der Waals surface area contributed by atoms with E-state index >= 15 is 0 Å². The summed E-state index contributed by atoms with van der Waals surface area (Å²) in [4.78, 5) is 16.1. The van der Waals surface area contributed by atoms with Crippen LogP contribution in [0.15, 0.2) is 27.6 Å². The molecule has 0 atom stereocenters. The summed E-state index contributed by atoms with van der Waals surface area (Å²) in [5.74, 6) is -0.0782. The first-order chi connectivity index (χ1) is 8.20. The van der Waals surface area contributed by atoms with Crippen molar-refractivity contribution in [3.8, 4) is 0 Å². The van der Waals surface area contributed by atoms with Gasteiger partial charge in [0, 0.05) is 22.6 Å². The molecule has 0 saturated carbocycles. The van der Waals surface area contributed by atoms with E-state index in [1.165, 1.54) is 11.3 Å². The maximum atomic E-state index is 12.0. The van der Waals surface area contributed by atoms with Gasteiger partial charge in [0.1, 0.15) is 5.69 Å². The van der Waals surface area contributed by atoms with E-state index in [9.17, 15) is 4.79 Å². The lowest BCUT2D eigenvalue weighted by atomic mass is 10.4. The van der Waals surface area contributed by atoms with Gasteiger partial charge in [0.2, 0.25) is 0 Å². The minimum Gasteiger partial charge on any atom is -0.345 e. The number of hydrogen-bond donors (Lipinski definition) is 1. The van der Waals surface area contributed by atoms with Crippen molar-refractivity contribution < 1.29 is 4.79 Å². The van der Waals surface area contributed by atoms with E-state index in [1.54, 1.807) is 5.51 Å². The number of aryl methyl sites for hydroxylation is 1. The van der Waals surface area contributed by atoms with Crippen LogP contribution in [-0.4, -0.2) is 15.5 Å². The normalized spacial score (nSPS) is 10.5. The Hall–Kier alpha value is -1.14. The Morgan fingerprint density at radius 2 is 2.47 bits per heavy atom. The third-order valence-electron chi connectivity index (χ3n) is 2.35. The number of thiazole rings is 1. The molecule has 0 aliphatic rings. The number of amides is 1. The molecule has 6 heteroatoms.